The van der Waals surface area contributed by atoms with Crippen LogP contribution < -0.4 is 84.1 Å². The number of aliphatic hydroxyl groups excluding tert-OH is 1. The average Bonchev–Trinajstić information content (AvgIpc) is 3.08. The van der Waals surface area contributed by atoms with E-state index in [1.807, 2.05) is 37.3 Å². The molecule has 0 radical (unpaired) electrons. The van der Waals surface area contributed by atoms with Crippen molar-refractivity contribution in [1.82, 2.24) is 5.32 Å². The summed E-state index contributed by atoms with van der Waals surface area (Å²) in [4.78, 5) is 22.0. The molecule has 0 spiro atoms. The molecule has 1 atom stereocenters. The number of carboxylic acids is 2. The van der Waals surface area contributed by atoms with Crippen LogP contribution in [0, 0.1) is 0 Å². The predicted octanol–water partition coefficient (Wildman–Crippen LogP) is -6.49. The zero-order chi connectivity index (χ0) is 21.4. The molecule has 156 valence electrons. The molecule has 2 aromatic rings. The van der Waals surface area contributed by atoms with Gasteiger partial charge in [-0.1, -0.05) is 35.9 Å². The fraction of sp³-hybridized carbons (Fsp3) is 0.300. The summed E-state index contributed by atoms with van der Waals surface area (Å²) in [7, 11) is 0. The first-order valence-electron chi connectivity index (χ1n) is 8.77. The molecule has 8 nitrogen and oxygen atoms in total. The van der Waals surface area contributed by atoms with E-state index in [1.165, 1.54) is 12.1 Å². The Bertz CT molecular complexity index is 841. The van der Waals surface area contributed by atoms with E-state index in [4.69, 9.17) is 26.2 Å². The summed E-state index contributed by atoms with van der Waals surface area (Å²) in [6.07, 6.45) is 0.570. The van der Waals surface area contributed by atoms with E-state index in [1.54, 1.807) is 6.07 Å². The molecule has 0 amide bonds. The van der Waals surface area contributed by atoms with Crippen LogP contribution in [0.4, 0.5) is 0 Å². The number of nitrogens with one attached hydrogen (secondary N) is 1. The molecular formula is C20H20ClNNa2O7. The third-order valence-corrected chi connectivity index (χ3v) is 4.18. The Labute approximate surface area is 229 Å². The van der Waals surface area contributed by atoms with Crippen molar-refractivity contribution in [2.24, 2.45) is 0 Å². The van der Waals surface area contributed by atoms with Gasteiger partial charge in [0.15, 0.2) is 11.5 Å². The van der Waals surface area contributed by atoms with Gasteiger partial charge in [0, 0.05) is 17.6 Å². The molecule has 2 N–H and O–H groups in total. The Balaban J connectivity index is 0.000000854. The maximum atomic E-state index is 11.0. The third-order valence-electron chi connectivity index (χ3n) is 3.93. The summed E-state index contributed by atoms with van der Waals surface area (Å²) in [5.41, 5.74) is 0.785. The van der Waals surface area contributed by atoms with Crippen LogP contribution in [-0.2, 0) is 16.0 Å². The minimum atomic E-state index is -2.96. The smallest absolute Gasteiger partial charge is 0.542 e. The van der Waals surface area contributed by atoms with Gasteiger partial charge in [0.1, 0.15) is 11.9 Å². The second kappa shape index (κ2) is 14.4. The maximum Gasteiger partial charge on any atom is 1.00 e. The van der Waals surface area contributed by atoms with Gasteiger partial charge in [-0.2, -0.15) is 0 Å². The third kappa shape index (κ3) is 8.57. The van der Waals surface area contributed by atoms with Crippen molar-refractivity contribution in [2.75, 3.05) is 13.2 Å². The summed E-state index contributed by atoms with van der Waals surface area (Å²) in [6.45, 7) is 2.38. The number of fused-ring (bicyclic) bond motifs is 1. The van der Waals surface area contributed by atoms with Gasteiger partial charge in [0.25, 0.3) is 0 Å². The average molecular weight is 468 g/mol. The number of hydrogen-bond acceptors (Lipinski definition) is 8. The van der Waals surface area contributed by atoms with E-state index in [2.05, 4.69) is 5.32 Å². The van der Waals surface area contributed by atoms with Crippen molar-refractivity contribution in [3.8, 4) is 11.5 Å². The zero-order valence-electron chi connectivity index (χ0n) is 17.6. The van der Waals surface area contributed by atoms with Crippen LogP contribution in [0.2, 0.25) is 5.02 Å². The SMILES string of the molecule is C[C@H](Cc1ccc2c(c1)OC(C(=O)[O-])(C(=O)[O-])O2)NCCO.Clc1ccccc1.[Na+].[Na+]. The first-order chi connectivity index (χ1) is 13.8. The molecule has 1 aliphatic heterocycles. The monoisotopic (exact) mass is 467 g/mol. The molecule has 0 saturated heterocycles. The molecule has 0 saturated carbocycles. The number of halogens is 1. The molecule has 1 aliphatic rings. The number of carbonyl (C=O) groups is 2. The Morgan fingerprint density at radius 2 is 1.65 bits per heavy atom. The molecule has 0 aromatic heterocycles. The van der Waals surface area contributed by atoms with Crippen molar-refractivity contribution in [1.29, 1.82) is 0 Å². The van der Waals surface area contributed by atoms with Gasteiger partial charge in [0.05, 0.1) is 6.61 Å². The molecule has 0 aliphatic carbocycles. The minimum Gasteiger partial charge on any atom is -0.542 e. The number of aliphatic hydroxyl groups is 1. The molecule has 1 heterocycles. The molecule has 0 unspecified atom stereocenters. The van der Waals surface area contributed by atoms with Crippen LogP contribution in [0.3, 0.4) is 0 Å². The number of benzene rings is 2. The van der Waals surface area contributed by atoms with Crippen molar-refractivity contribution in [3.05, 3.63) is 59.1 Å². The number of hydrogen-bond donors (Lipinski definition) is 2. The van der Waals surface area contributed by atoms with E-state index in [0.29, 0.717) is 13.0 Å². The standard InChI is InChI=1S/C14H17NO7.C6H5Cl.2Na/c1-8(15-4-5-16)6-9-2-3-10-11(7-9)22-14(21-10,12(17)18)13(19)20;7-6-4-2-1-3-5-6;;/h2-3,7-8,15-16H,4-6H2,1H3,(H,17,18)(H,19,20);1-5H;;/q;;2*+1/p-2/t8-;;;/m1.../s1. The van der Waals surface area contributed by atoms with Crippen LogP contribution in [0.25, 0.3) is 0 Å². The molecule has 11 heteroatoms. The summed E-state index contributed by atoms with van der Waals surface area (Å²) in [5.74, 6) is -7.04. The summed E-state index contributed by atoms with van der Waals surface area (Å²) in [5, 5.41) is 34.6. The van der Waals surface area contributed by atoms with Gasteiger partial charge in [-0.15, -0.1) is 0 Å². The number of rotatable bonds is 7. The first-order valence-corrected chi connectivity index (χ1v) is 9.15. The quantitative estimate of drug-likeness (QED) is 0.304. The van der Waals surface area contributed by atoms with Gasteiger partial charge in [-0.25, -0.2) is 0 Å². The zero-order valence-corrected chi connectivity index (χ0v) is 22.3. The summed E-state index contributed by atoms with van der Waals surface area (Å²) < 4.78 is 9.76. The van der Waals surface area contributed by atoms with E-state index in [0.717, 1.165) is 10.6 Å². The van der Waals surface area contributed by atoms with Crippen molar-refractivity contribution in [3.63, 3.8) is 0 Å². The van der Waals surface area contributed by atoms with E-state index in [9.17, 15) is 19.8 Å². The fourth-order valence-electron chi connectivity index (χ4n) is 2.58. The molecular weight excluding hydrogens is 448 g/mol. The van der Waals surface area contributed by atoms with E-state index in [-0.39, 0.29) is 83.3 Å². The Morgan fingerprint density at radius 1 is 1.06 bits per heavy atom. The van der Waals surface area contributed by atoms with Crippen LogP contribution in [0.15, 0.2) is 48.5 Å². The summed E-state index contributed by atoms with van der Waals surface area (Å²) in [6, 6.07) is 14.1. The molecule has 0 fully saturated rings. The second-order valence-corrected chi connectivity index (χ2v) is 6.69. The van der Waals surface area contributed by atoms with Gasteiger partial charge in [-0.05, 0) is 43.2 Å². The Kier molecular flexibility index (Phi) is 14.0. The number of carbonyl (C=O) groups excluding carboxylic acids is 2. The first kappa shape index (κ1) is 30.2. The number of carboxylic acid groups (broad SMARTS) is 2. The molecule has 2 aromatic carbocycles. The topological polar surface area (TPSA) is 131 Å². The number of aliphatic carboxylic acids is 2. The maximum absolute atomic E-state index is 11.0. The van der Waals surface area contributed by atoms with E-state index >= 15 is 0 Å². The van der Waals surface area contributed by atoms with Crippen LogP contribution in [-0.4, -0.2) is 42.0 Å². The van der Waals surface area contributed by atoms with Crippen molar-refractivity contribution < 1.29 is 93.5 Å². The van der Waals surface area contributed by atoms with Crippen LogP contribution in [0.1, 0.15) is 12.5 Å². The van der Waals surface area contributed by atoms with Gasteiger partial charge in [-0.3, -0.25) is 0 Å². The van der Waals surface area contributed by atoms with Crippen LogP contribution in [0.5, 0.6) is 11.5 Å². The minimum absolute atomic E-state index is 0. The van der Waals surface area contributed by atoms with Gasteiger partial charge in [0.2, 0.25) is 0 Å². The Morgan fingerprint density at radius 3 is 2.13 bits per heavy atom. The summed E-state index contributed by atoms with van der Waals surface area (Å²) >= 11 is 5.54. The van der Waals surface area contributed by atoms with Crippen LogP contribution >= 0.6 is 11.6 Å². The largest absolute Gasteiger partial charge is 1.00 e. The fourth-order valence-corrected chi connectivity index (χ4v) is 2.72. The molecule has 3 rings (SSSR count). The molecule has 0 bridgehead atoms. The predicted molar refractivity (Wildman–Crippen MR) is 100 cm³/mol. The second-order valence-electron chi connectivity index (χ2n) is 6.26. The molecule has 31 heavy (non-hydrogen) atoms. The normalized spacial score (nSPS) is 13.5. The number of ether oxygens (including phenoxy) is 2. The van der Waals surface area contributed by atoms with Crippen molar-refractivity contribution >= 4 is 23.5 Å². The van der Waals surface area contributed by atoms with Gasteiger partial charge < -0.3 is 39.7 Å². The van der Waals surface area contributed by atoms with E-state index < -0.39 is 17.7 Å². The van der Waals surface area contributed by atoms with Crippen molar-refractivity contribution in [2.45, 2.75) is 25.2 Å². The van der Waals surface area contributed by atoms with Gasteiger partial charge >= 0.3 is 64.9 Å². The Hall–Kier alpha value is -0.810.